The molecule has 1 aromatic carbocycles. The lowest BCUT2D eigenvalue weighted by Crippen LogP contribution is -2.18. The molecule has 0 saturated heterocycles. The number of carbonyl (C=O) groups excluding carboxylic acids is 1. The number of carbonyl (C=O) groups is 1. The van der Waals surface area contributed by atoms with Crippen LogP contribution in [0.5, 0.6) is 0 Å². The minimum Gasteiger partial charge on any atom is -0.389 e. The highest BCUT2D eigenvalue weighted by atomic mass is 79.9. The normalized spacial score (nSPS) is 9.81. The molecule has 0 spiro atoms. The minimum atomic E-state index is -0.346. The van der Waals surface area contributed by atoms with Crippen LogP contribution in [0.2, 0.25) is 0 Å². The van der Waals surface area contributed by atoms with Gasteiger partial charge in [-0.05, 0) is 18.2 Å². The van der Waals surface area contributed by atoms with Gasteiger partial charge in [-0.15, -0.1) is 0 Å². The zero-order valence-electron chi connectivity index (χ0n) is 8.50. The van der Waals surface area contributed by atoms with Crippen LogP contribution in [0, 0.1) is 0 Å². The molecule has 4 nitrogen and oxygen atoms in total. The number of anilines is 1. The number of primary amides is 1. The van der Waals surface area contributed by atoms with E-state index in [0.29, 0.717) is 11.5 Å². The van der Waals surface area contributed by atoms with Crippen molar-refractivity contribution in [3.05, 3.63) is 28.2 Å². The van der Waals surface area contributed by atoms with Crippen molar-refractivity contribution < 1.29 is 4.79 Å². The fraction of sp³-hybridized carbons (Fsp3) is 0.200. The Kier molecular flexibility index (Phi) is 4.70. The number of benzene rings is 1. The lowest BCUT2D eigenvalue weighted by atomic mass is 10.1. The molecule has 0 aliphatic carbocycles. The van der Waals surface area contributed by atoms with E-state index >= 15 is 0 Å². The van der Waals surface area contributed by atoms with Crippen molar-refractivity contribution in [1.82, 2.24) is 0 Å². The van der Waals surface area contributed by atoms with Crippen LogP contribution in [0.1, 0.15) is 12.0 Å². The van der Waals surface area contributed by atoms with Crippen LogP contribution in [-0.2, 0) is 4.79 Å². The van der Waals surface area contributed by atoms with E-state index in [1.807, 2.05) is 18.2 Å². The average Bonchev–Trinajstić information content (AvgIpc) is 2.19. The highest BCUT2D eigenvalue weighted by Crippen LogP contribution is 2.20. The third-order valence-electron chi connectivity index (χ3n) is 1.93. The summed E-state index contributed by atoms with van der Waals surface area (Å²) in [6, 6.07) is 5.54. The number of rotatable bonds is 5. The van der Waals surface area contributed by atoms with Crippen molar-refractivity contribution in [2.75, 3.05) is 11.9 Å². The molecule has 0 unspecified atom stereocenters. The van der Waals surface area contributed by atoms with Gasteiger partial charge in [-0.25, -0.2) is 0 Å². The molecule has 0 radical (unpaired) electrons. The molecule has 1 rings (SSSR count). The van der Waals surface area contributed by atoms with Gasteiger partial charge in [-0.1, -0.05) is 28.1 Å². The van der Waals surface area contributed by atoms with E-state index in [-0.39, 0.29) is 12.3 Å². The molecule has 6 heteroatoms. The molecule has 0 aromatic heterocycles. The summed E-state index contributed by atoms with van der Waals surface area (Å²) in [5, 5.41) is 3.06. The third-order valence-corrected chi connectivity index (χ3v) is 2.65. The predicted molar refractivity (Wildman–Crippen MR) is 72.3 cm³/mol. The number of nitrogens with two attached hydrogens (primary N) is 2. The largest absolute Gasteiger partial charge is 0.389 e. The van der Waals surface area contributed by atoms with Crippen LogP contribution in [0.4, 0.5) is 5.69 Å². The number of amides is 1. The maximum Gasteiger partial charge on any atom is 0.219 e. The Morgan fingerprint density at radius 2 is 2.12 bits per heavy atom. The molecule has 86 valence electrons. The van der Waals surface area contributed by atoms with Gasteiger partial charge in [0.2, 0.25) is 5.91 Å². The zero-order chi connectivity index (χ0) is 12.1. The number of hydrogen-bond donors (Lipinski definition) is 3. The van der Waals surface area contributed by atoms with Crippen LogP contribution in [0.3, 0.4) is 0 Å². The van der Waals surface area contributed by atoms with E-state index in [2.05, 4.69) is 21.2 Å². The summed E-state index contributed by atoms with van der Waals surface area (Å²) in [5.41, 5.74) is 12.2. The van der Waals surface area contributed by atoms with E-state index in [0.717, 1.165) is 15.7 Å². The highest BCUT2D eigenvalue weighted by molar-refractivity contribution is 9.10. The van der Waals surface area contributed by atoms with Crippen LogP contribution < -0.4 is 16.8 Å². The second-order valence-corrected chi connectivity index (χ2v) is 4.55. The molecule has 16 heavy (non-hydrogen) atoms. The first-order valence-electron chi connectivity index (χ1n) is 4.62. The number of nitrogens with one attached hydrogen (secondary N) is 1. The van der Waals surface area contributed by atoms with Gasteiger partial charge in [-0.2, -0.15) is 0 Å². The van der Waals surface area contributed by atoms with Gasteiger partial charge in [0.05, 0.1) is 0 Å². The number of hydrogen-bond acceptors (Lipinski definition) is 3. The van der Waals surface area contributed by atoms with E-state index < -0.39 is 0 Å². The summed E-state index contributed by atoms with van der Waals surface area (Å²) in [6.45, 7) is 0.465. The summed E-state index contributed by atoms with van der Waals surface area (Å²) >= 11 is 8.28. The van der Waals surface area contributed by atoms with Gasteiger partial charge in [-0.3, -0.25) is 4.79 Å². The zero-order valence-corrected chi connectivity index (χ0v) is 10.9. The standard InChI is InChI=1S/C10H12BrN3OS/c11-6-1-2-8(7(5-6)10(13)16)14-4-3-9(12)15/h1-2,5,14H,3-4H2,(H2,12,15)(H2,13,16). The molecule has 0 fully saturated rings. The fourth-order valence-corrected chi connectivity index (χ4v) is 1.72. The molecule has 0 bridgehead atoms. The van der Waals surface area contributed by atoms with E-state index in [4.69, 9.17) is 23.7 Å². The first-order valence-corrected chi connectivity index (χ1v) is 5.82. The van der Waals surface area contributed by atoms with Crippen molar-refractivity contribution >= 4 is 44.7 Å². The predicted octanol–water partition coefficient (Wildman–Crippen LogP) is 1.37. The Balaban J connectivity index is 2.78. The van der Waals surface area contributed by atoms with Gasteiger partial charge in [0.15, 0.2) is 0 Å². The van der Waals surface area contributed by atoms with Crippen molar-refractivity contribution in [2.45, 2.75) is 6.42 Å². The highest BCUT2D eigenvalue weighted by Gasteiger charge is 2.05. The van der Waals surface area contributed by atoms with Gasteiger partial charge in [0, 0.05) is 28.7 Å². The van der Waals surface area contributed by atoms with Gasteiger partial charge >= 0.3 is 0 Å². The summed E-state index contributed by atoms with van der Waals surface area (Å²) in [5.74, 6) is -0.346. The number of thiocarbonyl (C=S) groups is 1. The summed E-state index contributed by atoms with van der Waals surface area (Å²) < 4.78 is 0.899. The molecular weight excluding hydrogens is 290 g/mol. The maximum atomic E-state index is 10.6. The first kappa shape index (κ1) is 12.9. The maximum absolute atomic E-state index is 10.6. The second-order valence-electron chi connectivity index (χ2n) is 3.20. The van der Waals surface area contributed by atoms with Crippen LogP contribution in [0.15, 0.2) is 22.7 Å². The number of halogens is 1. The Morgan fingerprint density at radius 1 is 1.44 bits per heavy atom. The van der Waals surface area contributed by atoms with Crippen LogP contribution >= 0.6 is 28.1 Å². The van der Waals surface area contributed by atoms with Gasteiger partial charge in [0.25, 0.3) is 0 Å². The Morgan fingerprint density at radius 3 is 2.69 bits per heavy atom. The van der Waals surface area contributed by atoms with E-state index in [9.17, 15) is 4.79 Å². The monoisotopic (exact) mass is 301 g/mol. The molecule has 0 atom stereocenters. The van der Waals surface area contributed by atoms with Crippen molar-refractivity contribution in [2.24, 2.45) is 11.5 Å². The Hall–Kier alpha value is -1.14. The van der Waals surface area contributed by atoms with Crippen LogP contribution in [0.25, 0.3) is 0 Å². The molecule has 5 N–H and O–H groups in total. The van der Waals surface area contributed by atoms with Crippen LogP contribution in [-0.4, -0.2) is 17.4 Å². The smallest absolute Gasteiger partial charge is 0.219 e. The third kappa shape index (κ3) is 3.79. The lowest BCUT2D eigenvalue weighted by Gasteiger charge is -2.10. The molecule has 0 aliphatic rings. The van der Waals surface area contributed by atoms with E-state index in [1.165, 1.54) is 0 Å². The minimum absolute atomic E-state index is 0.271. The summed E-state index contributed by atoms with van der Waals surface area (Å²) in [4.78, 5) is 10.9. The molecule has 1 aromatic rings. The van der Waals surface area contributed by atoms with Crippen molar-refractivity contribution in [3.8, 4) is 0 Å². The fourth-order valence-electron chi connectivity index (χ4n) is 1.19. The molecule has 0 heterocycles. The lowest BCUT2D eigenvalue weighted by molar-refractivity contribution is -0.117. The SMILES string of the molecule is NC(=O)CCNc1ccc(Br)cc1C(N)=S. The first-order chi connectivity index (χ1) is 7.50. The molecule has 0 aliphatic heterocycles. The summed E-state index contributed by atoms with van der Waals surface area (Å²) in [6.07, 6.45) is 0.271. The summed E-state index contributed by atoms with van der Waals surface area (Å²) in [7, 11) is 0. The quantitative estimate of drug-likeness (QED) is 0.718. The molecular formula is C10H12BrN3OS. The van der Waals surface area contributed by atoms with E-state index in [1.54, 1.807) is 0 Å². The van der Waals surface area contributed by atoms with Gasteiger partial charge in [0.1, 0.15) is 4.99 Å². The topological polar surface area (TPSA) is 81.1 Å². The average molecular weight is 302 g/mol. The molecule has 0 saturated carbocycles. The Labute approximate surface area is 108 Å². The second kappa shape index (κ2) is 5.81. The Bertz CT molecular complexity index is 423. The van der Waals surface area contributed by atoms with Gasteiger partial charge < -0.3 is 16.8 Å². The van der Waals surface area contributed by atoms with Crippen molar-refractivity contribution in [1.29, 1.82) is 0 Å². The molecule has 1 amide bonds. The van der Waals surface area contributed by atoms with Crippen molar-refractivity contribution in [3.63, 3.8) is 0 Å².